The maximum absolute atomic E-state index is 12.0. The molecule has 1 aromatic rings. The molecule has 0 heterocycles. The van der Waals surface area contributed by atoms with E-state index in [1.165, 1.54) is 6.07 Å². The van der Waals surface area contributed by atoms with Crippen LogP contribution in [0.5, 0.6) is 0 Å². The molecule has 0 aliphatic heterocycles. The molecule has 1 aliphatic carbocycles. The standard InChI is InChI=1S/C11H12Cl2N2O3S/c1-11(2-3-11)15-10(16)6-4-9(19(14,17)18)8(13)5-7(6)12/h4-5H,2-3H2,1H3,(H,15,16)(H2,14,17,18). The van der Waals surface area contributed by atoms with Gasteiger partial charge in [-0.05, 0) is 31.9 Å². The second-order valence-electron chi connectivity index (χ2n) is 4.82. The Morgan fingerprint density at radius 3 is 2.37 bits per heavy atom. The van der Waals surface area contributed by atoms with Crippen molar-refractivity contribution in [2.75, 3.05) is 0 Å². The Bertz CT molecular complexity index is 654. The number of halogens is 2. The van der Waals surface area contributed by atoms with Crippen molar-refractivity contribution >= 4 is 39.1 Å². The molecule has 8 heteroatoms. The third-order valence-corrected chi connectivity index (χ3v) is 4.68. The minimum Gasteiger partial charge on any atom is -0.347 e. The molecule has 1 amide bonds. The fourth-order valence-corrected chi connectivity index (χ4v) is 2.98. The molecule has 5 nitrogen and oxygen atoms in total. The molecule has 1 aliphatic rings. The number of sulfonamides is 1. The van der Waals surface area contributed by atoms with E-state index in [0.29, 0.717) is 0 Å². The van der Waals surface area contributed by atoms with Crippen molar-refractivity contribution in [3.63, 3.8) is 0 Å². The third kappa shape index (κ3) is 3.20. The van der Waals surface area contributed by atoms with Crippen LogP contribution in [0, 0.1) is 0 Å². The van der Waals surface area contributed by atoms with Crippen molar-refractivity contribution in [2.45, 2.75) is 30.2 Å². The van der Waals surface area contributed by atoms with E-state index >= 15 is 0 Å². The van der Waals surface area contributed by atoms with Gasteiger partial charge in [0.15, 0.2) is 0 Å². The zero-order valence-electron chi connectivity index (χ0n) is 10.0. The normalized spacial score (nSPS) is 17.1. The smallest absolute Gasteiger partial charge is 0.253 e. The van der Waals surface area contributed by atoms with E-state index in [1.807, 2.05) is 6.92 Å². The van der Waals surface area contributed by atoms with Gasteiger partial charge in [0.05, 0.1) is 15.6 Å². The van der Waals surface area contributed by atoms with Gasteiger partial charge in [0.2, 0.25) is 10.0 Å². The van der Waals surface area contributed by atoms with Crippen LogP contribution >= 0.6 is 23.2 Å². The third-order valence-electron chi connectivity index (χ3n) is 2.99. The number of benzene rings is 1. The summed E-state index contributed by atoms with van der Waals surface area (Å²) in [6.07, 6.45) is 1.76. The molecule has 0 aromatic heterocycles. The summed E-state index contributed by atoms with van der Waals surface area (Å²) >= 11 is 11.7. The van der Waals surface area contributed by atoms with Gasteiger partial charge in [0.25, 0.3) is 5.91 Å². The van der Waals surface area contributed by atoms with Gasteiger partial charge in [-0.25, -0.2) is 13.6 Å². The van der Waals surface area contributed by atoms with Crippen molar-refractivity contribution < 1.29 is 13.2 Å². The van der Waals surface area contributed by atoms with Gasteiger partial charge < -0.3 is 5.32 Å². The van der Waals surface area contributed by atoms with Gasteiger partial charge in [0, 0.05) is 5.54 Å². The summed E-state index contributed by atoms with van der Waals surface area (Å²) in [5.41, 5.74) is -0.190. The van der Waals surface area contributed by atoms with Crippen LogP contribution in [0.15, 0.2) is 17.0 Å². The molecule has 0 unspecified atom stereocenters. The number of rotatable bonds is 3. The average Bonchev–Trinajstić information content (AvgIpc) is 2.93. The first-order valence-corrected chi connectivity index (χ1v) is 7.77. The Balaban J connectivity index is 2.43. The van der Waals surface area contributed by atoms with Crippen molar-refractivity contribution in [1.29, 1.82) is 0 Å². The minimum absolute atomic E-state index is 0.0446. The highest BCUT2D eigenvalue weighted by molar-refractivity contribution is 7.89. The highest BCUT2D eigenvalue weighted by atomic mass is 35.5. The van der Waals surface area contributed by atoms with Gasteiger partial charge in [-0.1, -0.05) is 23.2 Å². The van der Waals surface area contributed by atoms with Crippen molar-refractivity contribution in [3.05, 3.63) is 27.7 Å². The minimum atomic E-state index is -4.00. The summed E-state index contributed by atoms with van der Waals surface area (Å²) in [6, 6.07) is 2.30. The number of nitrogens with two attached hydrogens (primary N) is 1. The number of amides is 1. The summed E-state index contributed by atoms with van der Waals surface area (Å²) in [4.78, 5) is 11.7. The molecule has 19 heavy (non-hydrogen) atoms. The quantitative estimate of drug-likeness (QED) is 0.890. The summed E-state index contributed by atoms with van der Waals surface area (Å²) in [5.74, 6) is -0.438. The van der Waals surface area contributed by atoms with Crippen LogP contribution in [-0.4, -0.2) is 19.9 Å². The summed E-state index contributed by atoms with van der Waals surface area (Å²) in [6.45, 7) is 1.90. The Labute approximate surface area is 121 Å². The Morgan fingerprint density at radius 2 is 1.89 bits per heavy atom. The van der Waals surface area contributed by atoms with Gasteiger partial charge in [0.1, 0.15) is 4.90 Å². The zero-order valence-corrected chi connectivity index (χ0v) is 12.4. The lowest BCUT2D eigenvalue weighted by Gasteiger charge is -2.13. The predicted molar refractivity (Wildman–Crippen MR) is 72.9 cm³/mol. The molecule has 0 spiro atoms. The largest absolute Gasteiger partial charge is 0.347 e. The molecule has 0 bridgehead atoms. The molecule has 1 saturated carbocycles. The Morgan fingerprint density at radius 1 is 1.32 bits per heavy atom. The number of carbonyl (C=O) groups is 1. The highest BCUT2D eigenvalue weighted by Crippen LogP contribution is 2.35. The number of hydrogen-bond acceptors (Lipinski definition) is 3. The van der Waals surface area contributed by atoms with E-state index in [4.69, 9.17) is 28.3 Å². The molecule has 1 fully saturated rings. The van der Waals surface area contributed by atoms with E-state index < -0.39 is 15.9 Å². The maximum atomic E-state index is 12.0. The van der Waals surface area contributed by atoms with E-state index in [2.05, 4.69) is 5.32 Å². The lowest BCUT2D eigenvalue weighted by molar-refractivity contribution is 0.0935. The molecule has 0 atom stereocenters. The highest BCUT2D eigenvalue weighted by Gasteiger charge is 2.39. The lowest BCUT2D eigenvalue weighted by atomic mass is 10.2. The van der Waals surface area contributed by atoms with Crippen LogP contribution < -0.4 is 10.5 Å². The number of hydrogen-bond donors (Lipinski definition) is 2. The molecule has 104 valence electrons. The molecular weight excluding hydrogens is 311 g/mol. The van der Waals surface area contributed by atoms with Gasteiger partial charge in [-0.2, -0.15) is 0 Å². The maximum Gasteiger partial charge on any atom is 0.253 e. The summed E-state index contributed by atoms with van der Waals surface area (Å²) in [7, 11) is -4.00. The van der Waals surface area contributed by atoms with Crippen molar-refractivity contribution in [2.24, 2.45) is 5.14 Å². The summed E-state index contributed by atoms with van der Waals surface area (Å²) < 4.78 is 22.7. The van der Waals surface area contributed by atoms with E-state index in [1.54, 1.807) is 0 Å². The zero-order chi connectivity index (χ0) is 14.4. The van der Waals surface area contributed by atoms with Crippen LogP contribution in [0.4, 0.5) is 0 Å². The predicted octanol–water partition coefficient (Wildman–Crippen LogP) is 1.92. The monoisotopic (exact) mass is 322 g/mol. The summed E-state index contributed by atoms with van der Waals surface area (Å²) in [5, 5.41) is 7.79. The first kappa shape index (κ1) is 14.6. The Kier molecular flexibility index (Phi) is 3.55. The van der Waals surface area contributed by atoms with Crippen LogP contribution in [0.25, 0.3) is 0 Å². The lowest BCUT2D eigenvalue weighted by Crippen LogP contribution is -2.34. The number of nitrogens with one attached hydrogen (secondary N) is 1. The number of carbonyl (C=O) groups excluding carboxylic acids is 1. The first-order valence-electron chi connectivity index (χ1n) is 5.47. The molecule has 3 N–H and O–H groups in total. The fourth-order valence-electron chi connectivity index (χ4n) is 1.58. The molecule has 2 rings (SSSR count). The van der Waals surface area contributed by atoms with Crippen LogP contribution in [-0.2, 0) is 10.0 Å². The SMILES string of the molecule is CC1(NC(=O)c2cc(S(N)(=O)=O)c(Cl)cc2Cl)CC1. The first-order chi connectivity index (χ1) is 8.62. The van der Waals surface area contributed by atoms with Gasteiger partial charge >= 0.3 is 0 Å². The second-order valence-corrected chi connectivity index (χ2v) is 7.17. The van der Waals surface area contributed by atoms with Crippen LogP contribution in [0.3, 0.4) is 0 Å². The Hall–Kier alpha value is -0.820. The van der Waals surface area contributed by atoms with E-state index in [9.17, 15) is 13.2 Å². The topological polar surface area (TPSA) is 89.3 Å². The molecule has 0 radical (unpaired) electrons. The second kappa shape index (κ2) is 4.63. The molecule has 0 saturated heterocycles. The van der Waals surface area contributed by atoms with Crippen LogP contribution in [0.2, 0.25) is 10.0 Å². The van der Waals surface area contributed by atoms with E-state index in [0.717, 1.165) is 18.9 Å². The molecular formula is C11H12Cl2N2O3S. The number of primary sulfonamides is 1. The molecule has 1 aromatic carbocycles. The van der Waals surface area contributed by atoms with Gasteiger partial charge in [-0.15, -0.1) is 0 Å². The van der Waals surface area contributed by atoms with Crippen LogP contribution in [0.1, 0.15) is 30.1 Å². The fraction of sp³-hybridized carbons (Fsp3) is 0.364. The average molecular weight is 323 g/mol. The van der Waals surface area contributed by atoms with E-state index in [-0.39, 0.29) is 26.0 Å². The van der Waals surface area contributed by atoms with Crippen molar-refractivity contribution in [3.8, 4) is 0 Å². The van der Waals surface area contributed by atoms with Crippen molar-refractivity contribution in [1.82, 2.24) is 5.32 Å². The van der Waals surface area contributed by atoms with Gasteiger partial charge in [-0.3, -0.25) is 4.79 Å².